The number of hydrogen-bond donors (Lipinski definition) is 0. The first-order valence-corrected chi connectivity index (χ1v) is 3.98. The quantitative estimate of drug-likeness (QED) is 0.604. The molecule has 1 rings (SSSR count). The Morgan fingerprint density at radius 2 is 2.30 bits per heavy atom. The summed E-state index contributed by atoms with van der Waals surface area (Å²) < 4.78 is 0. The van der Waals surface area contributed by atoms with Crippen molar-refractivity contribution in [2.24, 2.45) is 0 Å². The smallest absolute Gasteiger partial charge is 0.0698 e. The van der Waals surface area contributed by atoms with Gasteiger partial charge in [-0.15, -0.1) is 11.3 Å². The maximum atomic E-state index is 8.41. The number of nitriles is 1. The van der Waals surface area contributed by atoms with Crippen molar-refractivity contribution in [2.75, 3.05) is 0 Å². The summed E-state index contributed by atoms with van der Waals surface area (Å²) in [6, 6.07) is 4.27. The average Bonchev–Trinajstić information content (AvgIpc) is 2.13. The van der Waals surface area contributed by atoms with Crippen molar-refractivity contribution < 1.29 is 0 Å². The molecule has 0 aliphatic heterocycles. The van der Waals surface area contributed by atoms with Crippen molar-refractivity contribution in [3.63, 3.8) is 0 Å². The topological polar surface area (TPSA) is 23.8 Å². The van der Waals surface area contributed by atoms with Crippen LogP contribution in [-0.4, -0.2) is 0 Å². The molecule has 0 radical (unpaired) electrons. The van der Waals surface area contributed by atoms with Crippen molar-refractivity contribution >= 4 is 11.3 Å². The van der Waals surface area contributed by atoms with E-state index in [1.807, 2.05) is 0 Å². The van der Waals surface area contributed by atoms with Gasteiger partial charge in [0, 0.05) is 9.75 Å². The van der Waals surface area contributed by atoms with Crippen LogP contribution >= 0.6 is 11.3 Å². The second-order valence-corrected chi connectivity index (χ2v) is 3.64. The predicted molar refractivity (Wildman–Crippen MR) is 43.1 cm³/mol. The van der Waals surface area contributed by atoms with E-state index >= 15 is 0 Å². The minimum Gasteiger partial charge on any atom is -0.198 e. The number of nitrogens with zero attached hydrogens (tertiary/aromatic N) is 1. The molecule has 0 amide bonds. The van der Waals surface area contributed by atoms with E-state index in [1.54, 1.807) is 11.3 Å². The van der Waals surface area contributed by atoms with Gasteiger partial charge >= 0.3 is 0 Å². The second-order valence-electron chi connectivity index (χ2n) is 2.30. The van der Waals surface area contributed by atoms with Gasteiger partial charge in [-0.05, 0) is 25.5 Å². The SMILES string of the molecule is Cc1cc(C)c(CC#N)s1. The second kappa shape index (κ2) is 2.85. The predicted octanol–water partition coefficient (Wildman–Crippen LogP) is 2.43. The Morgan fingerprint density at radius 3 is 2.70 bits per heavy atom. The molecule has 1 aromatic rings. The van der Waals surface area contributed by atoms with E-state index < -0.39 is 0 Å². The molecule has 0 saturated carbocycles. The first kappa shape index (κ1) is 7.30. The van der Waals surface area contributed by atoms with Crippen molar-refractivity contribution in [2.45, 2.75) is 20.3 Å². The lowest BCUT2D eigenvalue weighted by Gasteiger charge is -1.86. The lowest BCUT2D eigenvalue weighted by atomic mass is 10.2. The molecule has 0 N–H and O–H groups in total. The highest BCUT2D eigenvalue weighted by molar-refractivity contribution is 7.12. The number of thiophene rings is 1. The van der Waals surface area contributed by atoms with Gasteiger partial charge in [0.05, 0.1) is 12.5 Å². The summed E-state index contributed by atoms with van der Waals surface area (Å²) >= 11 is 1.72. The van der Waals surface area contributed by atoms with Crippen LogP contribution in [0.3, 0.4) is 0 Å². The van der Waals surface area contributed by atoms with Gasteiger partial charge in [-0.2, -0.15) is 5.26 Å². The summed E-state index contributed by atoms with van der Waals surface area (Å²) in [6.07, 6.45) is 0.560. The molecule has 1 heterocycles. The zero-order valence-electron chi connectivity index (χ0n) is 6.14. The molecule has 0 unspecified atom stereocenters. The van der Waals surface area contributed by atoms with Crippen LogP contribution in [0.2, 0.25) is 0 Å². The summed E-state index contributed by atoms with van der Waals surface area (Å²) in [5.74, 6) is 0. The van der Waals surface area contributed by atoms with Crippen LogP contribution in [0.15, 0.2) is 6.07 Å². The molecule has 0 saturated heterocycles. The minimum absolute atomic E-state index is 0.560. The van der Waals surface area contributed by atoms with Crippen LogP contribution < -0.4 is 0 Å². The summed E-state index contributed by atoms with van der Waals surface area (Å²) in [5, 5.41) is 8.41. The zero-order chi connectivity index (χ0) is 7.56. The van der Waals surface area contributed by atoms with E-state index in [1.165, 1.54) is 15.3 Å². The van der Waals surface area contributed by atoms with E-state index in [0.29, 0.717) is 6.42 Å². The summed E-state index contributed by atoms with van der Waals surface area (Å²) in [6.45, 7) is 4.12. The van der Waals surface area contributed by atoms with Crippen molar-refractivity contribution in [3.05, 3.63) is 21.4 Å². The average molecular weight is 151 g/mol. The lowest BCUT2D eigenvalue weighted by Crippen LogP contribution is -1.75. The minimum atomic E-state index is 0.560. The molecule has 0 fully saturated rings. The largest absolute Gasteiger partial charge is 0.198 e. The van der Waals surface area contributed by atoms with Gasteiger partial charge in [0.1, 0.15) is 0 Å². The molecule has 2 heteroatoms. The Morgan fingerprint density at radius 1 is 1.60 bits per heavy atom. The molecule has 1 nitrogen and oxygen atoms in total. The van der Waals surface area contributed by atoms with Gasteiger partial charge in [-0.1, -0.05) is 0 Å². The molecule has 0 spiro atoms. The number of hydrogen-bond acceptors (Lipinski definition) is 2. The normalized spacial score (nSPS) is 9.30. The van der Waals surface area contributed by atoms with Crippen LogP contribution in [0.1, 0.15) is 15.3 Å². The standard InChI is InChI=1S/C8H9NS/c1-6-5-7(2)10-8(6)3-4-9/h5H,3H2,1-2H3. The fraction of sp³-hybridized carbons (Fsp3) is 0.375. The molecule has 0 aliphatic rings. The first-order chi connectivity index (χ1) is 4.74. The molecular formula is C8H9NS. The van der Waals surface area contributed by atoms with Crippen molar-refractivity contribution in [3.8, 4) is 6.07 Å². The van der Waals surface area contributed by atoms with Gasteiger partial charge in [0.2, 0.25) is 0 Å². The maximum absolute atomic E-state index is 8.41. The van der Waals surface area contributed by atoms with Crippen LogP contribution in [0.4, 0.5) is 0 Å². The van der Waals surface area contributed by atoms with Gasteiger partial charge < -0.3 is 0 Å². The first-order valence-electron chi connectivity index (χ1n) is 3.17. The lowest BCUT2D eigenvalue weighted by molar-refractivity contribution is 1.28. The van der Waals surface area contributed by atoms with E-state index in [-0.39, 0.29) is 0 Å². The van der Waals surface area contributed by atoms with E-state index in [2.05, 4.69) is 26.0 Å². The molecule has 0 aliphatic carbocycles. The van der Waals surface area contributed by atoms with Crippen LogP contribution in [0, 0.1) is 25.2 Å². The summed E-state index contributed by atoms with van der Waals surface area (Å²) in [5.41, 5.74) is 1.25. The van der Waals surface area contributed by atoms with Crippen molar-refractivity contribution in [1.82, 2.24) is 0 Å². The number of rotatable bonds is 1. The third-order valence-corrected chi connectivity index (χ3v) is 2.54. The van der Waals surface area contributed by atoms with Gasteiger partial charge in [-0.25, -0.2) is 0 Å². The Hall–Kier alpha value is -0.810. The molecule has 0 aromatic carbocycles. The van der Waals surface area contributed by atoms with Crippen molar-refractivity contribution in [1.29, 1.82) is 5.26 Å². The highest BCUT2D eigenvalue weighted by Gasteiger charge is 2.00. The molecule has 52 valence electrons. The monoisotopic (exact) mass is 151 g/mol. The molecule has 10 heavy (non-hydrogen) atoms. The fourth-order valence-corrected chi connectivity index (χ4v) is 1.92. The van der Waals surface area contributed by atoms with Gasteiger partial charge in [0.25, 0.3) is 0 Å². The van der Waals surface area contributed by atoms with E-state index in [4.69, 9.17) is 5.26 Å². The third-order valence-electron chi connectivity index (χ3n) is 1.38. The molecule has 0 atom stereocenters. The number of aryl methyl sites for hydroxylation is 2. The third kappa shape index (κ3) is 1.37. The Kier molecular flexibility index (Phi) is 2.08. The zero-order valence-corrected chi connectivity index (χ0v) is 6.96. The van der Waals surface area contributed by atoms with Crippen LogP contribution in [0.5, 0.6) is 0 Å². The van der Waals surface area contributed by atoms with E-state index in [9.17, 15) is 0 Å². The Balaban J connectivity index is 2.94. The fourth-order valence-electron chi connectivity index (χ4n) is 0.937. The summed E-state index contributed by atoms with van der Waals surface area (Å²) in [7, 11) is 0. The molecular weight excluding hydrogens is 142 g/mol. The van der Waals surface area contributed by atoms with Crippen LogP contribution in [-0.2, 0) is 6.42 Å². The van der Waals surface area contributed by atoms with Gasteiger partial charge in [0.15, 0.2) is 0 Å². The highest BCUT2D eigenvalue weighted by Crippen LogP contribution is 2.20. The van der Waals surface area contributed by atoms with E-state index in [0.717, 1.165) is 0 Å². The van der Waals surface area contributed by atoms with Gasteiger partial charge in [-0.3, -0.25) is 0 Å². The Bertz CT molecular complexity index is 267. The van der Waals surface area contributed by atoms with Crippen LogP contribution in [0.25, 0.3) is 0 Å². The molecule has 1 aromatic heterocycles. The highest BCUT2D eigenvalue weighted by atomic mass is 32.1. The summed E-state index contributed by atoms with van der Waals surface area (Å²) in [4.78, 5) is 2.50. The maximum Gasteiger partial charge on any atom is 0.0698 e. The Labute approximate surface area is 64.9 Å². The molecule has 0 bridgehead atoms.